The Bertz CT molecular complexity index is 1820. The van der Waals surface area contributed by atoms with E-state index in [1.54, 1.807) is 6.07 Å². The van der Waals surface area contributed by atoms with Crippen LogP contribution in [-0.4, -0.2) is 10.8 Å². The first-order chi connectivity index (χ1) is 16.4. The van der Waals surface area contributed by atoms with E-state index in [0.717, 1.165) is 49.4 Å². The van der Waals surface area contributed by atoms with Crippen molar-refractivity contribution in [2.24, 2.45) is 0 Å². The van der Waals surface area contributed by atoms with Crippen LogP contribution in [0.1, 0.15) is 37.5 Å². The summed E-state index contributed by atoms with van der Waals surface area (Å²) in [4.78, 5) is 0. The van der Waals surface area contributed by atoms with Gasteiger partial charge in [0.25, 0.3) is 0 Å². The first kappa shape index (κ1) is 20.3. The van der Waals surface area contributed by atoms with E-state index in [1.165, 1.54) is 11.8 Å². The van der Waals surface area contributed by atoms with E-state index in [4.69, 9.17) is 9.83 Å². The number of fused-ring (bicyclic) bond motifs is 7. The van der Waals surface area contributed by atoms with Crippen LogP contribution in [0.4, 0.5) is 0 Å². The molecule has 0 saturated carbocycles. The van der Waals surface area contributed by atoms with Gasteiger partial charge in [-0.05, 0) is 47.4 Å². The lowest BCUT2D eigenvalue weighted by atomic mass is 9.86. The van der Waals surface area contributed by atoms with Crippen LogP contribution in [0.2, 0.25) is 0 Å². The average Bonchev–Trinajstić information content (AvgIpc) is 3.37. The number of rotatable bonds is 2. The highest BCUT2D eigenvalue weighted by Gasteiger charge is 2.22. The van der Waals surface area contributed by atoms with E-state index < -0.39 is 0 Å². The SMILES string of the molecule is CC(C)(C)c1ccc2c(c1)c1c3oc4ccccc4c3ccc1n2-c1cccc(C=N)c1C#N. The van der Waals surface area contributed by atoms with Crippen molar-refractivity contribution in [3.05, 3.63) is 89.5 Å². The number of hydrogen-bond donors (Lipinski definition) is 1. The smallest absolute Gasteiger partial charge is 0.145 e. The molecule has 0 saturated heterocycles. The largest absolute Gasteiger partial charge is 0.455 e. The summed E-state index contributed by atoms with van der Waals surface area (Å²) in [5.41, 5.74) is 6.79. The first-order valence-corrected chi connectivity index (χ1v) is 11.4. The molecule has 0 spiro atoms. The normalized spacial score (nSPS) is 12.1. The fourth-order valence-electron chi connectivity index (χ4n) is 5.00. The van der Waals surface area contributed by atoms with Crippen LogP contribution >= 0.6 is 0 Å². The highest BCUT2D eigenvalue weighted by Crippen LogP contribution is 2.42. The molecular formula is C30H23N3O. The summed E-state index contributed by atoms with van der Waals surface area (Å²) in [5, 5.41) is 22.1. The summed E-state index contributed by atoms with van der Waals surface area (Å²) >= 11 is 0. The number of aromatic nitrogens is 1. The summed E-state index contributed by atoms with van der Waals surface area (Å²) < 4.78 is 8.57. The highest BCUT2D eigenvalue weighted by molar-refractivity contribution is 6.24. The van der Waals surface area contributed by atoms with E-state index in [1.807, 2.05) is 30.3 Å². The molecule has 0 amide bonds. The molecule has 0 radical (unpaired) electrons. The predicted octanol–water partition coefficient (Wildman–Crippen LogP) is 7.85. The highest BCUT2D eigenvalue weighted by atomic mass is 16.3. The summed E-state index contributed by atoms with van der Waals surface area (Å²) in [7, 11) is 0. The fraction of sp³-hybridized carbons (Fsp3) is 0.133. The van der Waals surface area contributed by atoms with E-state index in [-0.39, 0.29) is 5.41 Å². The summed E-state index contributed by atoms with van der Waals surface area (Å²) in [6, 6.07) is 26.9. The molecule has 6 aromatic rings. The van der Waals surface area contributed by atoms with Gasteiger partial charge in [0, 0.05) is 27.9 Å². The average molecular weight is 442 g/mol. The molecule has 4 nitrogen and oxygen atoms in total. The lowest BCUT2D eigenvalue weighted by Crippen LogP contribution is -2.10. The van der Waals surface area contributed by atoms with Gasteiger partial charge in [0.2, 0.25) is 0 Å². The number of nitrogens with zero attached hydrogens (tertiary/aromatic N) is 2. The topological polar surface area (TPSA) is 65.7 Å². The lowest BCUT2D eigenvalue weighted by molar-refractivity contribution is 0.591. The molecule has 0 aliphatic heterocycles. The Kier molecular flexibility index (Phi) is 4.21. The third-order valence-electron chi connectivity index (χ3n) is 6.72. The second-order valence-corrected chi connectivity index (χ2v) is 9.75. The molecule has 0 bridgehead atoms. The molecule has 2 heterocycles. The molecule has 0 aliphatic carbocycles. The summed E-state index contributed by atoms with van der Waals surface area (Å²) in [6.45, 7) is 6.64. The predicted molar refractivity (Wildman–Crippen MR) is 139 cm³/mol. The Morgan fingerprint density at radius 1 is 0.882 bits per heavy atom. The number of nitriles is 1. The standard InChI is InChI=1S/C30H23N3O/c1-30(2,3)19-11-13-25-22(15-19)28-26(33(25)24-9-6-7-18(16-31)23(24)17-32)14-12-21-20-8-4-5-10-27(20)34-29(21)28/h4-16,31H,1-3H3. The van der Waals surface area contributed by atoms with Crippen LogP contribution in [-0.2, 0) is 5.41 Å². The molecule has 164 valence electrons. The van der Waals surface area contributed by atoms with E-state index in [2.05, 4.69) is 67.8 Å². The van der Waals surface area contributed by atoms with E-state index in [9.17, 15) is 5.26 Å². The Hall–Kier alpha value is -4.36. The van der Waals surface area contributed by atoms with Crippen molar-refractivity contribution >= 4 is 50.0 Å². The maximum atomic E-state index is 10.0. The van der Waals surface area contributed by atoms with E-state index >= 15 is 0 Å². The van der Waals surface area contributed by atoms with Crippen molar-refractivity contribution in [2.45, 2.75) is 26.2 Å². The molecule has 0 unspecified atom stereocenters. The number of hydrogen-bond acceptors (Lipinski definition) is 3. The molecule has 2 aromatic heterocycles. The van der Waals surface area contributed by atoms with Gasteiger partial charge in [-0.3, -0.25) is 0 Å². The van der Waals surface area contributed by atoms with Gasteiger partial charge in [-0.25, -0.2) is 0 Å². The number of benzene rings is 4. The molecule has 0 fully saturated rings. The van der Waals surface area contributed by atoms with Crippen molar-refractivity contribution in [3.63, 3.8) is 0 Å². The molecule has 6 rings (SSSR count). The number of para-hydroxylation sites is 1. The number of nitrogens with one attached hydrogen (secondary N) is 1. The van der Waals surface area contributed by atoms with Gasteiger partial charge in [-0.1, -0.05) is 57.2 Å². The third kappa shape index (κ3) is 2.74. The molecule has 0 aliphatic rings. The van der Waals surface area contributed by atoms with Crippen molar-refractivity contribution in [2.75, 3.05) is 0 Å². The minimum absolute atomic E-state index is 0.0116. The number of furan rings is 1. The Labute approximate surface area is 197 Å². The van der Waals surface area contributed by atoms with Gasteiger partial charge >= 0.3 is 0 Å². The van der Waals surface area contributed by atoms with Crippen molar-refractivity contribution in [1.82, 2.24) is 4.57 Å². The molecule has 4 heteroatoms. The minimum Gasteiger partial charge on any atom is -0.455 e. The van der Waals surface area contributed by atoms with Gasteiger partial charge < -0.3 is 14.4 Å². The lowest BCUT2D eigenvalue weighted by Gasteiger charge is -2.19. The van der Waals surface area contributed by atoms with Crippen molar-refractivity contribution in [3.8, 4) is 11.8 Å². The maximum Gasteiger partial charge on any atom is 0.145 e. The minimum atomic E-state index is -0.0116. The zero-order chi connectivity index (χ0) is 23.6. The van der Waals surface area contributed by atoms with Crippen LogP contribution in [0.5, 0.6) is 0 Å². The van der Waals surface area contributed by atoms with Gasteiger partial charge in [-0.2, -0.15) is 5.26 Å². The molecule has 1 N–H and O–H groups in total. The van der Waals surface area contributed by atoms with Crippen LogP contribution in [0.25, 0.3) is 49.4 Å². The Morgan fingerprint density at radius 3 is 2.44 bits per heavy atom. The molecule has 4 aromatic carbocycles. The van der Waals surface area contributed by atoms with Crippen LogP contribution < -0.4 is 0 Å². The molecule has 34 heavy (non-hydrogen) atoms. The second-order valence-electron chi connectivity index (χ2n) is 9.75. The quantitative estimate of drug-likeness (QED) is 0.278. The Morgan fingerprint density at radius 2 is 1.68 bits per heavy atom. The summed E-state index contributed by atoms with van der Waals surface area (Å²) in [5.74, 6) is 0. The van der Waals surface area contributed by atoms with Crippen LogP contribution in [0, 0.1) is 16.7 Å². The zero-order valence-electron chi connectivity index (χ0n) is 19.3. The Balaban J connectivity index is 1.86. The van der Waals surface area contributed by atoms with E-state index in [0.29, 0.717) is 11.1 Å². The van der Waals surface area contributed by atoms with Gasteiger partial charge in [0.1, 0.15) is 17.2 Å². The summed E-state index contributed by atoms with van der Waals surface area (Å²) in [6.07, 6.45) is 1.24. The van der Waals surface area contributed by atoms with Crippen molar-refractivity contribution < 1.29 is 4.42 Å². The molecule has 0 atom stereocenters. The van der Waals surface area contributed by atoms with Gasteiger partial charge in [-0.15, -0.1) is 0 Å². The van der Waals surface area contributed by atoms with Gasteiger partial charge in [0.05, 0.1) is 27.7 Å². The maximum absolute atomic E-state index is 10.0. The fourth-order valence-corrected chi connectivity index (χ4v) is 5.00. The first-order valence-electron chi connectivity index (χ1n) is 11.4. The van der Waals surface area contributed by atoms with Crippen LogP contribution in [0.3, 0.4) is 0 Å². The van der Waals surface area contributed by atoms with Gasteiger partial charge in [0.15, 0.2) is 0 Å². The third-order valence-corrected chi connectivity index (χ3v) is 6.72. The van der Waals surface area contributed by atoms with Crippen molar-refractivity contribution in [1.29, 1.82) is 10.7 Å². The zero-order valence-corrected chi connectivity index (χ0v) is 19.3. The molecular weight excluding hydrogens is 418 g/mol. The second kappa shape index (κ2) is 7.07. The monoisotopic (exact) mass is 441 g/mol. The van der Waals surface area contributed by atoms with Crippen LogP contribution in [0.15, 0.2) is 77.2 Å².